The third-order valence-electron chi connectivity index (χ3n) is 2.69. The maximum absolute atomic E-state index is 12.8. The first-order valence-corrected chi connectivity index (χ1v) is 5.54. The Morgan fingerprint density at radius 3 is 2.72 bits per heavy atom. The van der Waals surface area contributed by atoms with E-state index in [1.54, 1.807) is 6.92 Å². The van der Waals surface area contributed by atoms with Crippen molar-refractivity contribution in [2.45, 2.75) is 19.1 Å². The smallest absolute Gasteiger partial charge is 0.418 e. The summed E-state index contributed by atoms with van der Waals surface area (Å²) in [7, 11) is 0. The zero-order chi connectivity index (χ0) is 13.3. The largest absolute Gasteiger partial charge is 0.464 e. The van der Waals surface area contributed by atoms with Gasteiger partial charge in [-0.15, -0.1) is 0 Å². The van der Waals surface area contributed by atoms with E-state index in [-0.39, 0.29) is 18.8 Å². The highest BCUT2D eigenvalue weighted by Gasteiger charge is 2.46. The Hall–Kier alpha value is -1.72. The van der Waals surface area contributed by atoms with Crippen LogP contribution in [0.5, 0.6) is 0 Å². The number of rotatable bonds is 3. The molecule has 0 bridgehead atoms. The quantitative estimate of drug-likeness (QED) is 0.617. The predicted molar refractivity (Wildman–Crippen MR) is 59.2 cm³/mol. The molecule has 3 nitrogen and oxygen atoms in total. The third kappa shape index (κ3) is 2.42. The van der Waals surface area contributed by atoms with E-state index in [1.807, 2.05) is 0 Å². The number of anilines is 1. The summed E-state index contributed by atoms with van der Waals surface area (Å²) in [6, 6.07) is 4.63. The molecule has 1 fully saturated rings. The minimum atomic E-state index is -4.42. The second-order valence-corrected chi connectivity index (χ2v) is 3.94. The zero-order valence-electron chi connectivity index (χ0n) is 9.70. The summed E-state index contributed by atoms with van der Waals surface area (Å²) in [5, 5.41) is 0. The maximum Gasteiger partial charge on any atom is 0.418 e. The van der Waals surface area contributed by atoms with Crippen molar-refractivity contribution >= 4 is 11.7 Å². The molecule has 2 rings (SSSR count). The van der Waals surface area contributed by atoms with Gasteiger partial charge in [-0.3, -0.25) is 0 Å². The number of para-hydroxylation sites is 1. The summed E-state index contributed by atoms with van der Waals surface area (Å²) < 4.78 is 43.1. The molecule has 0 spiro atoms. The van der Waals surface area contributed by atoms with Gasteiger partial charge >= 0.3 is 12.1 Å². The lowest BCUT2D eigenvalue weighted by Crippen LogP contribution is -2.17. The van der Waals surface area contributed by atoms with Crippen LogP contribution in [0.1, 0.15) is 12.5 Å². The lowest BCUT2D eigenvalue weighted by Gasteiger charge is -2.14. The van der Waals surface area contributed by atoms with Crippen LogP contribution in [0.3, 0.4) is 0 Å². The predicted octanol–water partition coefficient (Wildman–Crippen LogP) is 2.46. The number of esters is 1. The van der Waals surface area contributed by atoms with E-state index in [0.717, 1.165) is 6.07 Å². The highest BCUT2D eigenvalue weighted by Crippen LogP contribution is 2.40. The lowest BCUT2D eigenvalue weighted by atomic mass is 10.1. The molecule has 6 heteroatoms. The van der Waals surface area contributed by atoms with Crippen LogP contribution in [-0.2, 0) is 15.7 Å². The van der Waals surface area contributed by atoms with Gasteiger partial charge < -0.3 is 9.64 Å². The first-order valence-electron chi connectivity index (χ1n) is 5.54. The second-order valence-electron chi connectivity index (χ2n) is 3.94. The average Bonchev–Trinajstić information content (AvgIpc) is 3.08. The fourth-order valence-electron chi connectivity index (χ4n) is 1.81. The van der Waals surface area contributed by atoms with Crippen LogP contribution in [0.4, 0.5) is 18.9 Å². The van der Waals surface area contributed by atoms with Crippen LogP contribution in [0.15, 0.2) is 24.3 Å². The van der Waals surface area contributed by atoms with E-state index in [2.05, 4.69) is 0 Å². The number of carbonyl (C=O) groups excluding carboxylic acids is 1. The van der Waals surface area contributed by atoms with Crippen LogP contribution in [0.2, 0.25) is 0 Å². The van der Waals surface area contributed by atoms with E-state index in [9.17, 15) is 18.0 Å². The van der Waals surface area contributed by atoms with E-state index < -0.39 is 23.8 Å². The summed E-state index contributed by atoms with van der Waals surface area (Å²) in [6.07, 6.45) is -4.42. The number of nitrogens with zero attached hydrogens (tertiary/aromatic N) is 1. The van der Waals surface area contributed by atoms with Crippen molar-refractivity contribution in [1.29, 1.82) is 0 Å². The van der Waals surface area contributed by atoms with Crippen LogP contribution in [-0.4, -0.2) is 25.2 Å². The molecule has 18 heavy (non-hydrogen) atoms. The Morgan fingerprint density at radius 2 is 2.11 bits per heavy atom. The Morgan fingerprint density at radius 1 is 1.44 bits per heavy atom. The molecule has 1 atom stereocenters. The normalized spacial score (nSPS) is 18.7. The molecule has 98 valence electrons. The summed E-state index contributed by atoms with van der Waals surface area (Å²) in [4.78, 5) is 12.8. The lowest BCUT2D eigenvalue weighted by molar-refractivity contribution is -0.142. The molecule has 1 aromatic carbocycles. The van der Waals surface area contributed by atoms with Crippen molar-refractivity contribution in [3.63, 3.8) is 0 Å². The molecular formula is C12H12F3NO2. The van der Waals surface area contributed by atoms with Crippen molar-refractivity contribution in [2.75, 3.05) is 18.1 Å². The van der Waals surface area contributed by atoms with Crippen molar-refractivity contribution in [2.24, 2.45) is 0 Å². The van der Waals surface area contributed by atoms with E-state index in [0.29, 0.717) is 0 Å². The number of carbonyl (C=O) groups is 1. The molecule has 0 amide bonds. The van der Waals surface area contributed by atoms with Gasteiger partial charge in [-0.1, -0.05) is 12.1 Å². The molecule has 0 N–H and O–H groups in total. The highest BCUT2D eigenvalue weighted by atomic mass is 19.4. The number of alkyl halides is 3. The molecule has 1 unspecified atom stereocenters. The molecule has 0 radical (unpaired) electrons. The third-order valence-corrected chi connectivity index (χ3v) is 2.69. The highest BCUT2D eigenvalue weighted by molar-refractivity contribution is 5.87. The SMILES string of the molecule is CCOC(=O)C1CN1c1ccccc1C(F)(F)F. The van der Waals surface area contributed by atoms with Gasteiger partial charge in [-0.2, -0.15) is 13.2 Å². The van der Waals surface area contributed by atoms with Crippen LogP contribution in [0, 0.1) is 0 Å². The molecule has 1 aliphatic rings. The average molecular weight is 259 g/mol. The molecule has 1 aromatic rings. The van der Waals surface area contributed by atoms with Gasteiger partial charge in [0, 0.05) is 5.69 Å². The molecule has 1 aliphatic heterocycles. The molecule has 1 saturated heterocycles. The van der Waals surface area contributed by atoms with Crippen LogP contribution in [0.25, 0.3) is 0 Å². The van der Waals surface area contributed by atoms with Gasteiger partial charge in [-0.25, -0.2) is 4.79 Å². The molecule has 0 aliphatic carbocycles. The van der Waals surface area contributed by atoms with E-state index >= 15 is 0 Å². The summed E-state index contributed by atoms with van der Waals surface area (Å²) in [5.74, 6) is -0.477. The van der Waals surface area contributed by atoms with Crippen LogP contribution >= 0.6 is 0 Å². The Kier molecular flexibility index (Phi) is 3.19. The first kappa shape index (κ1) is 12.7. The maximum atomic E-state index is 12.8. The van der Waals surface area contributed by atoms with Crippen LogP contribution < -0.4 is 4.90 Å². The number of hydrogen-bond donors (Lipinski definition) is 0. The number of halogens is 3. The van der Waals surface area contributed by atoms with Gasteiger partial charge in [-0.05, 0) is 19.1 Å². The summed E-state index contributed by atoms with van der Waals surface area (Å²) in [6.45, 7) is 2.16. The first-order chi connectivity index (χ1) is 8.45. The topological polar surface area (TPSA) is 29.3 Å². The second kappa shape index (κ2) is 4.51. The minimum Gasteiger partial charge on any atom is -0.464 e. The zero-order valence-corrected chi connectivity index (χ0v) is 9.70. The molecule has 1 heterocycles. The van der Waals surface area contributed by atoms with Crippen molar-refractivity contribution in [3.05, 3.63) is 29.8 Å². The fraction of sp³-hybridized carbons (Fsp3) is 0.417. The van der Waals surface area contributed by atoms with E-state index in [1.165, 1.54) is 23.1 Å². The van der Waals surface area contributed by atoms with Gasteiger partial charge in [0.25, 0.3) is 0 Å². The van der Waals surface area contributed by atoms with E-state index in [4.69, 9.17) is 4.74 Å². The van der Waals surface area contributed by atoms with Crippen molar-refractivity contribution in [1.82, 2.24) is 0 Å². The van der Waals surface area contributed by atoms with Crippen molar-refractivity contribution < 1.29 is 22.7 Å². The van der Waals surface area contributed by atoms with Crippen molar-refractivity contribution in [3.8, 4) is 0 Å². The Bertz CT molecular complexity index is 459. The molecule has 0 saturated carbocycles. The van der Waals surface area contributed by atoms with Gasteiger partial charge in [0.1, 0.15) is 6.04 Å². The summed E-state index contributed by atoms with van der Waals surface area (Å²) in [5.41, 5.74) is -0.695. The molecule has 0 aromatic heterocycles. The Balaban J connectivity index is 2.19. The van der Waals surface area contributed by atoms with Gasteiger partial charge in [0.05, 0.1) is 18.7 Å². The standard InChI is InChI=1S/C12H12F3NO2/c1-2-18-11(17)10-7-16(10)9-6-4-3-5-8(9)12(13,14)15/h3-6,10H,2,7H2,1H3. The number of ether oxygens (including phenoxy) is 1. The summed E-state index contributed by atoms with van der Waals surface area (Å²) >= 11 is 0. The monoisotopic (exact) mass is 259 g/mol. The fourth-order valence-corrected chi connectivity index (χ4v) is 1.81. The Labute approximate surface area is 102 Å². The van der Waals surface area contributed by atoms with Gasteiger partial charge in [0.2, 0.25) is 0 Å². The number of hydrogen-bond acceptors (Lipinski definition) is 3. The number of benzene rings is 1. The molecular weight excluding hydrogens is 247 g/mol. The van der Waals surface area contributed by atoms with Gasteiger partial charge in [0.15, 0.2) is 0 Å². The minimum absolute atomic E-state index is 0.0306.